The van der Waals surface area contributed by atoms with Gasteiger partial charge in [-0.1, -0.05) is 0 Å². The third kappa shape index (κ3) is 3.28. The van der Waals surface area contributed by atoms with E-state index in [0.717, 1.165) is 0 Å². The van der Waals surface area contributed by atoms with E-state index in [2.05, 4.69) is 10.3 Å². The average molecular weight is 239 g/mol. The zero-order valence-corrected chi connectivity index (χ0v) is 9.93. The summed E-state index contributed by atoms with van der Waals surface area (Å²) in [6, 6.07) is 0. The van der Waals surface area contributed by atoms with Crippen LogP contribution in [0.2, 0.25) is 0 Å². The molecule has 1 heterocycles. The minimum atomic E-state index is -1.10. The number of nitrogens with two attached hydrogens (primary N) is 2. The number of nitrogens with zero attached hydrogens (tertiary/aromatic N) is 2. The first-order chi connectivity index (χ1) is 7.86. The van der Waals surface area contributed by atoms with Crippen molar-refractivity contribution in [3.63, 3.8) is 0 Å². The van der Waals surface area contributed by atoms with Crippen LogP contribution in [0, 0.1) is 0 Å². The zero-order chi connectivity index (χ0) is 13.1. The molecule has 0 aliphatic carbocycles. The number of imidazole rings is 1. The van der Waals surface area contributed by atoms with Crippen molar-refractivity contribution in [2.75, 3.05) is 6.54 Å². The Morgan fingerprint density at radius 1 is 1.53 bits per heavy atom. The van der Waals surface area contributed by atoms with Crippen LogP contribution in [0.1, 0.15) is 24.3 Å². The van der Waals surface area contributed by atoms with Gasteiger partial charge in [-0.25, -0.2) is 4.98 Å². The smallest absolute Gasteiger partial charge is 0.272 e. The number of hydrogen-bond donors (Lipinski definition) is 3. The molecular formula is C10H17N5O2. The van der Waals surface area contributed by atoms with Crippen LogP contribution < -0.4 is 16.8 Å². The Bertz CT molecular complexity index is 424. The highest BCUT2D eigenvalue weighted by molar-refractivity contribution is 5.97. The maximum absolute atomic E-state index is 11.8. The van der Waals surface area contributed by atoms with Crippen LogP contribution in [-0.4, -0.2) is 33.4 Å². The number of primary amides is 1. The standard InChI is InChI=1S/C10H17N5O2/c1-10(2,9(12)17)14-8(16)7-5-15(4-3-11)6-13-7/h5-6H,3-4,11H2,1-2H3,(H2,12,17)(H,14,16). The highest BCUT2D eigenvalue weighted by Crippen LogP contribution is 2.03. The molecule has 0 atom stereocenters. The topological polar surface area (TPSA) is 116 Å². The number of hydrogen-bond acceptors (Lipinski definition) is 4. The predicted octanol–water partition coefficient (Wildman–Crippen LogP) is -1.16. The maximum atomic E-state index is 11.8. The van der Waals surface area contributed by atoms with Crippen molar-refractivity contribution in [3.8, 4) is 0 Å². The lowest BCUT2D eigenvalue weighted by molar-refractivity contribution is -0.122. The minimum Gasteiger partial charge on any atom is -0.368 e. The largest absolute Gasteiger partial charge is 0.368 e. The van der Waals surface area contributed by atoms with Gasteiger partial charge in [0.2, 0.25) is 5.91 Å². The molecule has 17 heavy (non-hydrogen) atoms. The van der Waals surface area contributed by atoms with Gasteiger partial charge in [-0.3, -0.25) is 9.59 Å². The summed E-state index contributed by atoms with van der Waals surface area (Å²) in [6.45, 7) is 4.11. The molecule has 2 amide bonds. The van der Waals surface area contributed by atoms with Crippen LogP contribution in [0.5, 0.6) is 0 Å². The predicted molar refractivity (Wildman–Crippen MR) is 62.0 cm³/mol. The van der Waals surface area contributed by atoms with Crippen molar-refractivity contribution in [2.45, 2.75) is 25.9 Å². The lowest BCUT2D eigenvalue weighted by Crippen LogP contribution is -2.53. The second-order valence-corrected chi connectivity index (χ2v) is 4.23. The molecule has 0 bridgehead atoms. The van der Waals surface area contributed by atoms with Crippen molar-refractivity contribution in [1.29, 1.82) is 0 Å². The van der Waals surface area contributed by atoms with E-state index < -0.39 is 17.4 Å². The van der Waals surface area contributed by atoms with Gasteiger partial charge in [-0.15, -0.1) is 0 Å². The van der Waals surface area contributed by atoms with E-state index in [1.807, 2.05) is 0 Å². The minimum absolute atomic E-state index is 0.229. The van der Waals surface area contributed by atoms with Gasteiger partial charge < -0.3 is 21.4 Å². The summed E-state index contributed by atoms with van der Waals surface area (Å²) in [4.78, 5) is 26.7. The van der Waals surface area contributed by atoms with Gasteiger partial charge in [0, 0.05) is 19.3 Å². The molecule has 1 aromatic rings. The third-order valence-electron chi connectivity index (χ3n) is 2.30. The SMILES string of the molecule is CC(C)(NC(=O)c1cn(CCN)cn1)C(N)=O. The van der Waals surface area contributed by atoms with E-state index >= 15 is 0 Å². The highest BCUT2D eigenvalue weighted by Gasteiger charge is 2.27. The molecule has 94 valence electrons. The van der Waals surface area contributed by atoms with Crippen LogP contribution in [-0.2, 0) is 11.3 Å². The Morgan fingerprint density at radius 2 is 2.18 bits per heavy atom. The second-order valence-electron chi connectivity index (χ2n) is 4.23. The van der Waals surface area contributed by atoms with E-state index in [9.17, 15) is 9.59 Å². The van der Waals surface area contributed by atoms with E-state index in [1.54, 1.807) is 10.8 Å². The molecule has 0 aliphatic rings. The normalized spacial score (nSPS) is 11.2. The van der Waals surface area contributed by atoms with Gasteiger partial charge in [-0.2, -0.15) is 0 Å². The quantitative estimate of drug-likeness (QED) is 0.600. The number of carbonyl (C=O) groups excluding carboxylic acids is 2. The van der Waals surface area contributed by atoms with Gasteiger partial charge in [0.05, 0.1) is 6.33 Å². The van der Waals surface area contributed by atoms with E-state index in [-0.39, 0.29) is 5.69 Å². The summed E-state index contributed by atoms with van der Waals surface area (Å²) in [5.74, 6) is -1.04. The molecule has 0 radical (unpaired) electrons. The summed E-state index contributed by atoms with van der Waals surface area (Å²) >= 11 is 0. The number of aromatic nitrogens is 2. The summed E-state index contributed by atoms with van der Waals surface area (Å²) in [5, 5.41) is 2.51. The maximum Gasteiger partial charge on any atom is 0.272 e. The zero-order valence-electron chi connectivity index (χ0n) is 9.93. The molecule has 7 heteroatoms. The Labute approximate surface area is 99.2 Å². The lowest BCUT2D eigenvalue weighted by Gasteiger charge is -2.21. The molecule has 0 aliphatic heterocycles. The fourth-order valence-corrected chi connectivity index (χ4v) is 1.16. The van der Waals surface area contributed by atoms with Gasteiger partial charge >= 0.3 is 0 Å². The first-order valence-corrected chi connectivity index (χ1v) is 5.21. The van der Waals surface area contributed by atoms with Crippen LogP contribution in [0.25, 0.3) is 0 Å². The van der Waals surface area contributed by atoms with Crippen molar-refractivity contribution in [2.24, 2.45) is 11.5 Å². The molecule has 0 saturated carbocycles. The van der Waals surface area contributed by atoms with E-state index in [0.29, 0.717) is 13.1 Å². The van der Waals surface area contributed by atoms with E-state index in [4.69, 9.17) is 11.5 Å². The first-order valence-electron chi connectivity index (χ1n) is 5.21. The molecule has 5 N–H and O–H groups in total. The molecule has 0 fully saturated rings. The van der Waals surface area contributed by atoms with Crippen LogP contribution >= 0.6 is 0 Å². The van der Waals surface area contributed by atoms with Crippen molar-refractivity contribution in [3.05, 3.63) is 18.2 Å². The highest BCUT2D eigenvalue weighted by atomic mass is 16.2. The molecule has 1 rings (SSSR count). The number of carbonyl (C=O) groups is 2. The number of nitrogens with one attached hydrogen (secondary N) is 1. The summed E-state index contributed by atoms with van der Waals surface area (Å²) < 4.78 is 1.70. The number of amides is 2. The summed E-state index contributed by atoms with van der Waals surface area (Å²) in [7, 11) is 0. The van der Waals surface area contributed by atoms with Gasteiger partial charge in [0.1, 0.15) is 11.2 Å². The van der Waals surface area contributed by atoms with Crippen LogP contribution in [0.4, 0.5) is 0 Å². The van der Waals surface area contributed by atoms with Crippen LogP contribution in [0.15, 0.2) is 12.5 Å². The molecule has 0 saturated heterocycles. The molecule has 1 aromatic heterocycles. The van der Waals surface area contributed by atoms with Gasteiger partial charge in [-0.05, 0) is 13.8 Å². The molecule has 0 aromatic carbocycles. The monoisotopic (exact) mass is 239 g/mol. The Balaban J connectivity index is 2.73. The van der Waals surface area contributed by atoms with Crippen LogP contribution in [0.3, 0.4) is 0 Å². The summed E-state index contributed by atoms with van der Waals surface area (Å²) in [6.07, 6.45) is 3.08. The van der Waals surface area contributed by atoms with Gasteiger partial charge in [0.15, 0.2) is 0 Å². The van der Waals surface area contributed by atoms with E-state index in [1.165, 1.54) is 20.2 Å². The average Bonchev–Trinajstić information content (AvgIpc) is 2.66. The first kappa shape index (κ1) is 13.2. The number of rotatable bonds is 5. The summed E-state index contributed by atoms with van der Waals surface area (Å²) in [5.41, 5.74) is 9.66. The Morgan fingerprint density at radius 3 is 2.71 bits per heavy atom. The van der Waals surface area contributed by atoms with Gasteiger partial charge in [0.25, 0.3) is 5.91 Å². The Hall–Kier alpha value is -1.89. The van der Waals surface area contributed by atoms with Crippen molar-refractivity contribution in [1.82, 2.24) is 14.9 Å². The fraction of sp³-hybridized carbons (Fsp3) is 0.500. The molecular weight excluding hydrogens is 222 g/mol. The lowest BCUT2D eigenvalue weighted by atomic mass is 10.1. The Kier molecular flexibility index (Phi) is 3.84. The van der Waals surface area contributed by atoms with Crippen molar-refractivity contribution < 1.29 is 9.59 Å². The molecule has 0 unspecified atom stereocenters. The fourth-order valence-electron chi connectivity index (χ4n) is 1.16. The molecule has 0 spiro atoms. The third-order valence-corrected chi connectivity index (χ3v) is 2.30. The second kappa shape index (κ2) is 4.96. The van der Waals surface area contributed by atoms with Crippen molar-refractivity contribution >= 4 is 11.8 Å². The molecule has 7 nitrogen and oxygen atoms in total.